The van der Waals surface area contributed by atoms with E-state index in [2.05, 4.69) is 16.4 Å². The van der Waals surface area contributed by atoms with Crippen molar-refractivity contribution in [3.8, 4) is 16.9 Å². The van der Waals surface area contributed by atoms with Crippen molar-refractivity contribution >= 4 is 62.7 Å². The van der Waals surface area contributed by atoms with Crippen LogP contribution in [0, 0.1) is 27.7 Å². The molecule has 1 atom stereocenters. The lowest BCUT2D eigenvalue weighted by atomic mass is 9.97. The Morgan fingerprint density at radius 3 is 2.35 bits per heavy atom. The predicted octanol–water partition coefficient (Wildman–Crippen LogP) is 8.89. The summed E-state index contributed by atoms with van der Waals surface area (Å²) in [5.74, 6) is 1.07. The normalized spacial score (nSPS) is 16.2. The summed E-state index contributed by atoms with van der Waals surface area (Å²) in [5, 5.41) is 12.7. The molecule has 0 radical (unpaired) electrons. The molecule has 1 fully saturated rings. The average Bonchev–Trinajstić information content (AvgIpc) is 3.69. The van der Waals surface area contributed by atoms with Gasteiger partial charge in [-0.3, -0.25) is 14.6 Å². The Hall–Kier alpha value is -4.94. The standard InChI is InChI=1S/C44H46Cl2N6O5/c1-24-18-31(19-25(2)40(24)46)57-15-7-8-32-33-10-11-34(45)39(38-27(4)47-36(48-28(38)5)23-50-13-16-56-17-14-50)41(33)52-26(3)22-51(43(53)42(32)52)37-21-30-20-29(44(54)55)9-12-35(30)49(37)6/h9-12,18-21,26H,7-8,13-17,22-23H2,1-6H3,(H,54,55)/t26-/m1/s1. The highest BCUT2D eigenvalue weighted by Crippen LogP contribution is 2.45. The molecule has 296 valence electrons. The quantitative estimate of drug-likeness (QED) is 0.137. The maximum absolute atomic E-state index is 15.1. The van der Waals surface area contributed by atoms with E-state index < -0.39 is 5.97 Å². The maximum Gasteiger partial charge on any atom is 0.335 e. The molecule has 1 saturated heterocycles. The molecule has 0 saturated carbocycles. The molecule has 5 heterocycles. The van der Waals surface area contributed by atoms with E-state index in [1.807, 2.05) is 74.5 Å². The molecule has 0 unspecified atom stereocenters. The second kappa shape index (κ2) is 15.4. The third kappa shape index (κ3) is 7.05. The number of halogens is 2. The molecule has 0 spiro atoms. The van der Waals surface area contributed by atoms with Crippen LogP contribution in [0.5, 0.6) is 5.75 Å². The van der Waals surface area contributed by atoms with Crippen molar-refractivity contribution in [3.05, 3.63) is 104 Å². The number of carboxylic acid groups (broad SMARTS) is 1. The van der Waals surface area contributed by atoms with Gasteiger partial charge in [0.25, 0.3) is 5.91 Å². The van der Waals surface area contributed by atoms with E-state index in [0.717, 1.165) is 90.7 Å². The smallest absolute Gasteiger partial charge is 0.335 e. The molecule has 2 aliphatic rings. The molecule has 3 aromatic heterocycles. The number of morpholine rings is 1. The van der Waals surface area contributed by atoms with Gasteiger partial charge >= 0.3 is 5.97 Å². The Labute approximate surface area is 341 Å². The van der Waals surface area contributed by atoms with Gasteiger partial charge in [-0.15, -0.1) is 0 Å². The summed E-state index contributed by atoms with van der Waals surface area (Å²) >= 11 is 13.6. The summed E-state index contributed by atoms with van der Waals surface area (Å²) in [6.07, 6.45) is 1.22. The van der Waals surface area contributed by atoms with Gasteiger partial charge in [0.1, 0.15) is 23.1 Å². The Bertz CT molecular complexity index is 2540. The lowest BCUT2D eigenvalue weighted by molar-refractivity contribution is 0.0330. The number of aryl methyl sites for hydroxylation is 6. The van der Waals surface area contributed by atoms with Crippen molar-refractivity contribution in [2.24, 2.45) is 7.05 Å². The van der Waals surface area contributed by atoms with Gasteiger partial charge in [0.2, 0.25) is 0 Å². The van der Waals surface area contributed by atoms with Crippen LogP contribution in [-0.2, 0) is 24.8 Å². The minimum Gasteiger partial charge on any atom is -0.494 e. The Morgan fingerprint density at radius 2 is 1.67 bits per heavy atom. The van der Waals surface area contributed by atoms with Gasteiger partial charge in [-0.25, -0.2) is 14.8 Å². The number of nitrogens with zero attached hydrogens (tertiary/aromatic N) is 6. The van der Waals surface area contributed by atoms with Crippen molar-refractivity contribution < 1.29 is 24.2 Å². The number of carbonyl (C=O) groups is 2. The minimum atomic E-state index is -0.999. The molecular weight excluding hydrogens is 763 g/mol. The predicted molar refractivity (Wildman–Crippen MR) is 225 cm³/mol. The first-order valence-corrected chi connectivity index (χ1v) is 20.1. The molecule has 1 N–H and O–H groups in total. The first-order chi connectivity index (χ1) is 27.3. The molecule has 57 heavy (non-hydrogen) atoms. The maximum atomic E-state index is 15.1. The highest BCUT2D eigenvalue weighted by molar-refractivity contribution is 6.35. The molecule has 0 aliphatic carbocycles. The van der Waals surface area contributed by atoms with Crippen molar-refractivity contribution in [2.75, 3.05) is 44.4 Å². The number of hydrogen-bond acceptors (Lipinski definition) is 7. The van der Waals surface area contributed by atoms with Gasteiger partial charge in [0.15, 0.2) is 0 Å². The summed E-state index contributed by atoms with van der Waals surface area (Å²) in [6.45, 7) is 14.6. The van der Waals surface area contributed by atoms with Crippen LogP contribution >= 0.6 is 23.2 Å². The molecule has 13 heteroatoms. The number of aromatic carboxylic acids is 1. The molecular formula is C44H46Cl2N6O5. The van der Waals surface area contributed by atoms with Crippen molar-refractivity contribution in [2.45, 2.75) is 60.0 Å². The zero-order chi connectivity index (χ0) is 40.3. The number of rotatable bonds is 10. The van der Waals surface area contributed by atoms with Crippen LogP contribution in [0.25, 0.3) is 32.9 Å². The van der Waals surface area contributed by atoms with Gasteiger partial charge in [-0.2, -0.15) is 0 Å². The van der Waals surface area contributed by atoms with E-state index in [1.54, 1.807) is 18.2 Å². The topological polar surface area (TPSA) is 115 Å². The van der Waals surface area contributed by atoms with Crippen molar-refractivity contribution in [1.82, 2.24) is 24.0 Å². The molecule has 2 aliphatic heterocycles. The van der Waals surface area contributed by atoms with E-state index in [9.17, 15) is 9.90 Å². The van der Waals surface area contributed by atoms with Crippen LogP contribution in [0.2, 0.25) is 10.0 Å². The summed E-state index contributed by atoms with van der Waals surface area (Å²) in [4.78, 5) is 41.1. The molecule has 8 rings (SSSR count). The summed E-state index contributed by atoms with van der Waals surface area (Å²) < 4.78 is 15.9. The Kier molecular flexibility index (Phi) is 10.5. The Balaban J connectivity index is 1.24. The molecule has 3 aromatic carbocycles. The van der Waals surface area contributed by atoms with Gasteiger partial charge in [-0.05, 0) is 107 Å². The number of anilines is 1. The number of hydrogen-bond donors (Lipinski definition) is 1. The van der Waals surface area contributed by atoms with Crippen LogP contribution in [0.15, 0.2) is 48.5 Å². The van der Waals surface area contributed by atoms with Gasteiger partial charge < -0.3 is 23.7 Å². The molecule has 0 bridgehead atoms. The largest absolute Gasteiger partial charge is 0.494 e. The van der Waals surface area contributed by atoms with Crippen LogP contribution in [0.1, 0.15) is 74.1 Å². The number of amides is 1. The van der Waals surface area contributed by atoms with E-state index in [0.29, 0.717) is 62.3 Å². The number of aromatic nitrogens is 4. The lowest BCUT2D eigenvalue weighted by Crippen LogP contribution is -2.43. The second-order valence-corrected chi connectivity index (χ2v) is 16.1. The third-order valence-electron chi connectivity index (χ3n) is 11.4. The van der Waals surface area contributed by atoms with Crippen LogP contribution in [-0.4, -0.2) is 80.4 Å². The summed E-state index contributed by atoms with van der Waals surface area (Å²) in [6, 6.07) is 14.6. The number of benzene rings is 3. The van der Waals surface area contributed by atoms with Gasteiger partial charge in [0.05, 0.1) is 42.5 Å². The lowest BCUT2D eigenvalue weighted by Gasteiger charge is -2.34. The summed E-state index contributed by atoms with van der Waals surface area (Å²) in [5.41, 5.74) is 8.69. The van der Waals surface area contributed by atoms with Crippen molar-refractivity contribution in [3.63, 3.8) is 0 Å². The fourth-order valence-corrected chi connectivity index (χ4v) is 9.05. The number of fused-ring (bicyclic) bond motifs is 4. The number of ether oxygens (including phenoxy) is 2. The second-order valence-electron chi connectivity index (χ2n) is 15.3. The molecule has 6 aromatic rings. The number of carbonyl (C=O) groups excluding carboxylic acids is 1. The third-order valence-corrected chi connectivity index (χ3v) is 12.3. The highest BCUT2D eigenvalue weighted by atomic mass is 35.5. The first-order valence-electron chi connectivity index (χ1n) is 19.4. The van der Waals surface area contributed by atoms with Crippen LogP contribution in [0.3, 0.4) is 0 Å². The SMILES string of the molecule is Cc1cc(OCCCc2c3n(c4c(-c5c(C)nc(CN6CCOCC6)nc5C)c(Cl)ccc24)[C@H](C)CN(c2cc4cc(C(=O)O)ccc4n2C)C3=O)cc(C)c1Cl. The van der Waals surface area contributed by atoms with Crippen molar-refractivity contribution in [1.29, 1.82) is 0 Å². The minimum absolute atomic E-state index is 0.138. The Morgan fingerprint density at radius 1 is 0.965 bits per heavy atom. The van der Waals surface area contributed by atoms with Gasteiger partial charge in [-0.1, -0.05) is 29.3 Å². The first kappa shape index (κ1) is 38.9. The van der Waals surface area contributed by atoms with E-state index >= 15 is 4.79 Å². The molecule has 1 amide bonds. The summed E-state index contributed by atoms with van der Waals surface area (Å²) in [7, 11) is 1.91. The zero-order valence-corrected chi connectivity index (χ0v) is 34.6. The monoisotopic (exact) mass is 808 g/mol. The number of carboxylic acids is 1. The van der Waals surface area contributed by atoms with E-state index in [-0.39, 0.29) is 17.5 Å². The van der Waals surface area contributed by atoms with E-state index in [4.69, 9.17) is 42.6 Å². The average molecular weight is 810 g/mol. The fourth-order valence-electron chi connectivity index (χ4n) is 8.70. The zero-order valence-electron chi connectivity index (χ0n) is 33.1. The fraction of sp³-hybridized carbons (Fsp3) is 0.364. The highest BCUT2D eigenvalue weighted by Gasteiger charge is 2.37. The van der Waals surface area contributed by atoms with Crippen LogP contribution in [0.4, 0.5) is 5.82 Å². The molecule has 11 nitrogen and oxygen atoms in total. The van der Waals surface area contributed by atoms with E-state index in [1.165, 1.54) is 0 Å². The van der Waals surface area contributed by atoms with Gasteiger partial charge in [0, 0.05) is 76.6 Å². The van der Waals surface area contributed by atoms with Crippen LogP contribution < -0.4 is 9.64 Å².